The van der Waals surface area contributed by atoms with Crippen molar-refractivity contribution in [3.63, 3.8) is 0 Å². The monoisotopic (exact) mass is 337 g/mol. The summed E-state index contributed by atoms with van der Waals surface area (Å²) in [6.07, 6.45) is 3.39. The molecule has 25 heavy (non-hydrogen) atoms. The Bertz CT molecular complexity index is 775. The van der Waals surface area contributed by atoms with Crippen molar-refractivity contribution in [2.75, 3.05) is 12.4 Å². The first-order valence-corrected chi connectivity index (χ1v) is 8.42. The van der Waals surface area contributed by atoms with E-state index in [0.717, 1.165) is 22.3 Å². The van der Waals surface area contributed by atoms with Crippen LogP contribution in [0.3, 0.4) is 0 Å². The summed E-state index contributed by atoms with van der Waals surface area (Å²) in [6.45, 7) is 8.15. The van der Waals surface area contributed by atoms with Crippen LogP contribution in [0, 0.1) is 5.41 Å². The number of benzene rings is 1. The van der Waals surface area contributed by atoms with Crippen LogP contribution in [0.25, 0.3) is 0 Å². The van der Waals surface area contributed by atoms with Crippen molar-refractivity contribution in [2.45, 2.75) is 38.9 Å². The van der Waals surface area contributed by atoms with E-state index in [9.17, 15) is 0 Å². The highest BCUT2D eigenvalue weighted by Crippen LogP contribution is 2.36. The molecule has 1 fully saturated rings. The zero-order chi connectivity index (χ0) is 18.2. The third-order valence-corrected chi connectivity index (χ3v) is 5.08. The molecule has 0 atom stereocenters. The summed E-state index contributed by atoms with van der Waals surface area (Å²) in [5, 5.41) is 11.7. The number of nitrogens with one attached hydrogen (secondary N) is 2. The van der Waals surface area contributed by atoms with E-state index >= 15 is 0 Å². The van der Waals surface area contributed by atoms with Crippen molar-refractivity contribution < 1.29 is 9.31 Å². The van der Waals surface area contributed by atoms with Crippen molar-refractivity contribution in [3.05, 3.63) is 53.9 Å². The first-order chi connectivity index (χ1) is 11.7. The predicted molar refractivity (Wildman–Crippen MR) is 102 cm³/mol. The highest BCUT2D eigenvalue weighted by molar-refractivity contribution is 6.62. The van der Waals surface area contributed by atoms with Crippen LogP contribution in [0.4, 0.5) is 5.69 Å². The Hall–Kier alpha value is -2.18. The van der Waals surface area contributed by atoms with Gasteiger partial charge in [-0.3, -0.25) is 10.4 Å². The zero-order valence-corrected chi connectivity index (χ0v) is 15.4. The van der Waals surface area contributed by atoms with Gasteiger partial charge in [-0.05, 0) is 51.4 Å². The second-order valence-electron chi connectivity index (χ2n) is 7.25. The van der Waals surface area contributed by atoms with Crippen LogP contribution in [-0.4, -0.2) is 36.1 Å². The van der Waals surface area contributed by atoms with Gasteiger partial charge in [0.1, 0.15) is 0 Å². The zero-order valence-electron chi connectivity index (χ0n) is 15.4. The van der Waals surface area contributed by atoms with Gasteiger partial charge < -0.3 is 14.6 Å². The Balaban J connectivity index is 1.98. The average Bonchev–Trinajstić information content (AvgIpc) is 2.82. The van der Waals surface area contributed by atoms with Gasteiger partial charge in [0.15, 0.2) is 0 Å². The number of rotatable bonds is 4. The van der Waals surface area contributed by atoms with Crippen molar-refractivity contribution in [1.82, 2.24) is 4.98 Å². The molecular formula is C19H24BN3O2. The fraction of sp³-hybridized carbons (Fsp3) is 0.368. The molecule has 2 heterocycles. The lowest BCUT2D eigenvalue weighted by Crippen LogP contribution is -2.41. The molecule has 0 aliphatic carbocycles. The smallest absolute Gasteiger partial charge is 0.399 e. The van der Waals surface area contributed by atoms with Gasteiger partial charge in [-0.1, -0.05) is 12.1 Å². The van der Waals surface area contributed by atoms with Gasteiger partial charge in [-0.2, -0.15) is 0 Å². The predicted octanol–water partition coefficient (Wildman–Crippen LogP) is 2.84. The minimum Gasteiger partial charge on any atom is -0.399 e. The molecule has 5 nitrogen and oxygen atoms in total. The molecule has 0 radical (unpaired) electrons. The molecule has 2 aromatic rings. The molecule has 0 saturated carbocycles. The lowest BCUT2D eigenvalue weighted by molar-refractivity contribution is 0.00578. The van der Waals surface area contributed by atoms with Gasteiger partial charge in [0.2, 0.25) is 0 Å². The highest BCUT2D eigenvalue weighted by Gasteiger charge is 2.51. The fourth-order valence-corrected chi connectivity index (χ4v) is 2.79. The Morgan fingerprint density at radius 3 is 2.20 bits per heavy atom. The SMILES string of the molecule is CNc1ccc(B2OC(C)(C)C(C)(C)O2)cc1C(=N)c1ccncc1. The van der Waals surface area contributed by atoms with Crippen molar-refractivity contribution in [3.8, 4) is 0 Å². The molecule has 0 amide bonds. The second-order valence-corrected chi connectivity index (χ2v) is 7.25. The van der Waals surface area contributed by atoms with Crippen LogP contribution in [0.5, 0.6) is 0 Å². The van der Waals surface area contributed by atoms with Crippen molar-refractivity contribution in [2.24, 2.45) is 0 Å². The molecule has 1 aliphatic rings. The maximum atomic E-state index is 8.59. The maximum absolute atomic E-state index is 8.59. The molecule has 6 heteroatoms. The Labute approximate surface area is 149 Å². The summed E-state index contributed by atoms with van der Waals surface area (Å²) in [6, 6.07) is 9.59. The third kappa shape index (κ3) is 3.19. The lowest BCUT2D eigenvalue weighted by Gasteiger charge is -2.32. The van der Waals surface area contributed by atoms with Gasteiger partial charge >= 0.3 is 7.12 Å². The summed E-state index contributed by atoms with van der Waals surface area (Å²) in [5.74, 6) is 0. The molecule has 3 rings (SSSR count). The highest BCUT2D eigenvalue weighted by atomic mass is 16.7. The molecule has 1 saturated heterocycles. The van der Waals surface area contributed by atoms with Crippen molar-refractivity contribution in [1.29, 1.82) is 5.41 Å². The van der Waals surface area contributed by atoms with Crippen LogP contribution in [0.15, 0.2) is 42.7 Å². The molecule has 1 aliphatic heterocycles. The van der Waals surface area contributed by atoms with Crippen LogP contribution >= 0.6 is 0 Å². The fourth-order valence-electron chi connectivity index (χ4n) is 2.79. The molecule has 130 valence electrons. The van der Waals surface area contributed by atoms with Gasteiger partial charge in [-0.25, -0.2) is 0 Å². The number of pyridine rings is 1. The van der Waals surface area contributed by atoms with E-state index in [1.165, 1.54) is 0 Å². The summed E-state index contributed by atoms with van der Waals surface area (Å²) in [5.41, 5.74) is 3.08. The number of hydrogen-bond donors (Lipinski definition) is 2. The van der Waals surface area contributed by atoms with E-state index in [1.807, 2.05) is 65.1 Å². The van der Waals surface area contributed by atoms with E-state index in [2.05, 4.69) is 10.3 Å². The van der Waals surface area contributed by atoms with Crippen LogP contribution in [0.1, 0.15) is 38.8 Å². The van der Waals surface area contributed by atoms with Crippen LogP contribution in [-0.2, 0) is 9.31 Å². The van der Waals surface area contributed by atoms with Crippen LogP contribution in [0.2, 0.25) is 0 Å². The molecular weight excluding hydrogens is 313 g/mol. The topological polar surface area (TPSA) is 67.2 Å². The number of aromatic nitrogens is 1. The summed E-state index contributed by atoms with van der Waals surface area (Å²) < 4.78 is 12.3. The van der Waals surface area contributed by atoms with Gasteiger partial charge in [0, 0.05) is 36.3 Å². The molecule has 0 unspecified atom stereocenters. The quantitative estimate of drug-likeness (QED) is 0.665. The molecule has 1 aromatic carbocycles. The summed E-state index contributed by atoms with van der Waals surface area (Å²) in [7, 11) is 1.41. The number of nitrogens with zero attached hydrogens (tertiary/aromatic N) is 1. The minimum absolute atomic E-state index is 0.391. The van der Waals surface area contributed by atoms with E-state index < -0.39 is 18.3 Å². The van der Waals surface area contributed by atoms with E-state index in [-0.39, 0.29) is 0 Å². The molecule has 2 N–H and O–H groups in total. The van der Waals surface area contributed by atoms with Crippen molar-refractivity contribution >= 4 is 24.0 Å². The summed E-state index contributed by atoms with van der Waals surface area (Å²) in [4.78, 5) is 4.02. The maximum Gasteiger partial charge on any atom is 0.494 e. The van der Waals surface area contributed by atoms with Crippen LogP contribution < -0.4 is 10.8 Å². The molecule has 1 aromatic heterocycles. The Morgan fingerprint density at radius 2 is 1.64 bits per heavy atom. The number of anilines is 1. The third-order valence-electron chi connectivity index (χ3n) is 5.08. The van der Waals surface area contributed by atoms with Gasteiger partial charge in [0.25, 0.3) is 0 Å². The minimum atomic E-state index is -0.445. The van der Waals surface area contributed by atoms with E-state index in [4.69, 9.17) is 14.7 Å². The van der Waals surface area contributed by atoms with E-state index in [0.29, 0.717) is 5.71 Å². The second kappa shape index (κ2) is 6.28. The Morgan fingerprint density at radius 1 is 1.04 bits per heavy atom. The summed E-state index contributed by atoms with van der Waals surface area (Å²) >= 11 is 0. The van der Waals surface area contributed by atoms with E-state index in [1.54, 1.807) is 12.4 Å². The largest absolute Gasteiger partial charge is 0.494 e. The van der Waals surface area contributed by atoms with Gasteiger partial charge in [0.05, 0.1) is 16.9 Å². The molecule has 0 bridgehead atoms. The first-order valence-electron chi connectivity index (χ1n) is 8.42. The standard InChI is InChI=1S/C19H24BN3O2/c1-18(2)19(3,4)25-20(24-18)14-6-7-16(22-5)15(12-14)17(21)13-8-10-23-11-9-13/h6-12,21-22H,1-5H3. The average molecular weight is 337 g/mol. The molecule has 0 spiro atoms. The first kappa shape index (κ1) is 17.6. The normalized spacial score (nSPS) is 18.2. The lowest BCUT2D eigenvalue weighted by atomic mass is 9.77. The van der Waals surface area contributed by atoms with Gasteiger partial charge in [-0.15, -0.1) is 0 Å². The number of hydrogen-bond acceptors (Lipinski definition) is 5. The Kier molecular flexibility index (Phi) is 4.43.